The molecule has 1 aliphatic heterocycles. The van der Waals surface area contributed by atoms with E-state index < -0.39 is 0 Å². The number of aryl methyl sites for hydroxylation is 2. The molecule has 128 valence electrons. The van der Waals surface area contributed by atoms with Crippen molar-refractivity contribution in [2.24, 2.45) is 0 Å². The van der Waals surface area contributed by atoms with E-state index in [9.17, 15) is 4.79 Å². The number of aromatic nitrogens is 3. The van der Waals surface area contributed by atoms with Gasteiger partial charge in [0.05, 0.1) is 6.20 Å². The molecule has 0 bridgehead atoms. The second-order valence-corrected chi connectivity index (χ2v) is 6.72. The van der Waals surface area contributed by atoms with Crippen molar-refractivity contribution in [1.82, 2.24) is 19.5 Å². The molecule has 5 heteroatoms. The summed E-state index contributed by atoms with van der Waals surface area (Å²) in [4.78, 5) is 19.4. The van der Waals surface area contributed by atoms with Gasteiger partial charge < -0.3 is 4.90 Å². The maximum atomic E-state index is 12.8. The summed E-state index contributed by atoms with van der Waals surface area (Å²) in [6.45, 7) is 5.74. The number of amides is 1. The van der Waals surface area contributed by atoms with Gasteiger partial charge >= 0.3 is 0 Å². The zero-order valence-electron chi connectivity index (χ0n) is 14.7. The highest BCUT2D eigenvalue weighted by atomic mass is 16.2. The molecule has 0 spiro atoms. The van der Waals surface area contributed by atoms with Crippen LogP contribution in [0.25, 0.3) is 5.65 Å². The van der Waals surface area contributed by atoms with Gasteiger partial charge in [0, 0.05) is 30.9 Å². The van der Waals surface area contributed by atoms with Gasteiger partial charge in [-0.1, -0.05) is 30.3 Å². The maximum absolute atomic E-state index is 12.8. The summed E-state index contributed by atoms with van der Waals surface area (Å²) in [5, 5.41) is 4.46. The van der Waals surface area contributed by atoms with Crippen LogP contribution in [0.4, 0.5) is 0 Å². The minimum Gasteiger partial charge on any atom is -0.338 e. The molecule has 3 heterocycles. The van der Waals surface area contributed by atoms with E-state index in [2.05, 4.69) is 24.2 Å². The number of benzene rings is 1. The summed E-state index contributed by atoms with van der Waals surface area (Å²) in [6.07, 6.45) is 4.65. The van der Waals surface area contributed by atoms with Crippen molar-refractivity contribution in [2.45, 2.75) is 33.1 Å². The van der Waals surface area contributed by atoms with Gasteiger partial charge in [0.25, 0.3) is 5.91 Å². The topological polar surface area (TPSA) is 50.5 Å². The summed E-state index contributed by atoms with van der Waals surface area (Å²) in [5.74, 6) is 0.0506. The van der Waals surface area contributed by atoms with E-state index in [1.54, 1.807) is 6.20 Å². The molecule has 25 heavy (non-hydrogen) atoms. The molecule has 3 aromatic rings. The zero-order chi connectivity index (χ0) is 17.4. The second-order valence-electron chi connectivity index (χ2n) is 6.72. The van der Waals surface area contributed by atoms with E-state index in [0.29, 0.717) is 11.2 Å². The molecule has 0 radical (unpaired) electrons. The lowest BCUT2D eigenvalue weighted by Crippen LogP contribution is -2.27. The van der Waals surface area contributed by atoms with E-state index in [1.807, 2.05) is 34.5 Å². The smallest absolute Gasteiger partial charge is 0.259 e. The third-order valence-electron chi connectivity index (χ3n) is 5.06. The van der Waals surface area contributed by atoms with Gasteiger partial charge in [0.15, 0.2) is 5.65 Å². The predicted octanol–water partition coefficient (Wildman–Crippen LogP) is 3.17. The van der Waals surface area contributed by atoms with Crippen LogP contribution in [-0.4, -0.2) is 38.5 Å². The van der Waals surface area contributed by atoms with E-state index in [0.717, 1.165) is 43.7 Å². The summed E-state index contributed by atoms with van der Waals surface area (Å²) in [6, 6.07) is 10.4. The van der Waals surface area contributed by atoms with Crippen molar-refractivity contribution < 1.29 is 4.79 Å². The van der Waals surface area contributed by atoms with Crippen LogP contribution in [0.5, 0.6) is 0 Å². The van der Waals surface area contributed by atoms with Gasteiger partial charge in [-0.2, -0.15) is 5.10 Å². The second kappa shape index (κ2) is 6.31. The first-order valence-corrected chi connectivity index (χ1v) is 8.82. The van der Waals surface area contributed by atoms with Crippen molar-refractivity contribution >= 4 is 11.6 Å². The van der Waals surface area contributed by atoms with E-state index in [4.69, 9.17) is 4.98 Å². The highest BCUT2D eigenvalue weighted by molar-refractivity contribution is 5.99. The SMILES string of the molecule is Cc1nc2c(C(=O)N3CCCC3)cnn2c(C)c1Cc1ccccc1. The molecule has 1 fully saturated rings. The summed E-state index contributed by atoms with van der Waals surface area (Å²) < 4.78 is 1.81. The van der Waals surface area contributed by atoms with Crippen molar-refractivity contribution in [3.05, 3.63) is 64.6 Å². The molecule has 1 amide bonds. The molecule has 0 saturated carbocycles. The average molecular weight is 334 g/mol. The van der Waals surface area contributed by atoms with Gasteiger partial charge in [-0.15, -0.1) is 0 Å². The van der Waals surface area contributed by atoms with Crippen molar-refractivity contribution in [2.75, 3.05) is 13.1 Å². The van der Waals surface area contributed by atoms with Crippen LogP contribution in [0, 0.1) is 13.8 Å². The first-order valence-electron chi connectivity index (χ1n) is 8.82. The lowest BCUT2D eigenvalue weighted by atomic mass is 10.0. The number of hydrogen-bond donors (Lipinski definition) is 0. The fourth-order valence-corrected chi connectivity index (χ4v) is 3.61. The van der Waals surface area contributed by atoms with E-state index in [1.165, 1.54) is 11.1 Å². The minimum atomic E-state index is 0.0506. The molecule has 0 N–H and O–H groups in total. The molecule has 1 saturated heterocycles. The average Bonchev–Trinajstić information content (AvgIpc) is 3.29. The third kappa shape index (κ3) is 2.80. The predicted molar refractivity (Wildman–Crippen MR) is 96.8 cm³/mol. The third-order valence-corrected chi connectivity index (χ3v) is 5.06. The van der Waals surface area contributed by atoms with Gasteiger partial charge in [0.1, 0.15) is 5.56 Å². The lowest BCUT2D eigenvalue weighted by Gasteiger charge is -2.15. The number of carbonyl (C=O) groups excluding carboxylic acids is 1. The molecule has 1 aliphatic rings. The molecule has 4 rings (SSSR count). The number of hydrogen-bond acceptors (Lipinski definition) is 3. The number of carbonyl (C=O) groups is 1. The highest BCUT2D eigenvalue weighted by Gasteiger charge is 2.24. The molecular formula is C20H22N4O. The Morgan fingerprint density at radius 3 is 2.56 bits per heavy atom. The van der Waals surface area contributed by atoms with Crippen LogP contribution < -0.4 is 0 Å². The van der Waals surface area contributed by atoms with E-state index in [-0.39, 0.29) is 5.91 Å². The molecule has 0 atom stereocenters. The highest BCUT2D eigenvalue weighted by Crippen LogP contribution is 2.22. The van der Waals surface area contributed by atoms with Gasteiger partial charge in [-0.05, 0) is 37.8 Å². The quantitative estimate of drug-likeness (QED) is 0.739. The fraction of sp³-hybridized carbons (Fsp3) is 0.350. The Hall–Kier alpha value is -2.69. The molecule has 5 nitrogen and oxygen atoms in total. The summed E-state index contributed by atoms with van der Waals surface area (Å²) >= 11 is 0. The zero-order valence-corrected chi connectivity index (χ0v) is 14.7. The Kier molecular flexibility index (Phi) is 3.99. The van der Waals surface area contributed by atoms with E-state index >= 15 is 0 Å². The van der Waals surface area contributed by atoms with Gasteiger partial charge in [-0.3, -0.25) is 4.79 Å². The van der Waals surface area contributed by atoms with Crippen LogP contribution in [0.3, 0.4) is 0 Å². The summed E-state index contributed by atoms with van der Waals surface area (Å²) in [7, 11) is 0. The summed E-state index contributed by atoms with van der Waals surface area (Å²) in [5.41, 5.74) is 5.71. The van der Waals surface area contributed by atoms with Crippen molar-refractivity contribution in [3.8, 4) is 0 Å². The van der Waals surface area contributed by atoms with Crippen LogP contribution in [0.2, 0.25) is 0 Å². The maximum Gasteiger partial charge on any atom is 0.259 e. The largest absolute Gasteiger partial charge is 0.338 e. The van der Waals surface area contributed by atoms with Crippen LogP contribution in [0.15, 0.2) is 36.5 Å². The molecule has 1 aromatic carbocycles. The number of nitrogens with zero attached hydrogens (tertiary/aromatic N) is 4. The monoisotopic (exact) mass is 334 g/mol. The molecule has 0 unspecified atom stereocenters. The Balaban J connectivity index is 1.75. The Morgan fingerprint density at radius 2 is 1.84 bits per heavy atom. The lowest BCUT2D eigenvalue weighted by molar-refractivity contribution is 0.0794. The number of likely N-dealkylation sites (tertiary alicyclic amines) is 1. The Morgan fingerprint density at radius 1 is 1.12 bits per heavy atom. The van der Waals surface area contributed by atoms with Gasteiger partial charge in [0.2, 0.25) is 0 Å². The molecule has 2 aromatic heterocycles. The first-order chi connectivity index (χ1) is 12.1. The van der Waals surface area contributed by atoms with Gasteiger partial charge in [-0.25, -0.2) is 9.50 Å². The van der Waals surface area contributed by atoms with Crippen LogP contribution >= 0.6 is 0 Å². The number of rotatable bonds is 3. The van der Waals surface area contributed by atoms with Crippen LogP contribution in [-0.2, 0) is 6.42 Å². The standard InChI is InChI=1S/C20H22N4O/c1-14-17(12-16-8-4-3-5-9-16)15(2)24-19(22-14)18(13-21-24)20(25)23-10-6-7-11-23/h3-5,8-9,13H,6-7,10-12H2,1-2H3. The first kappa shape index (κ1) is 15.8. The Bertz CT molecular complexity index is 924. The Labute approximate surface area is 147 Å². The van der Waals surface area contributed by atoms with Crippen molar-refractivity contribution in [1.29, 1.82) is 0 Å². The minimum absolute atomic E-state index is 0.0506. The fourth-order valence-electron chi connectivity index (χ4n) is 3.61. The van der Waals surface area contributed by atoms with Crippen molar-refractivity contribution in [3.63, 3.8) is 0 Å². The van der Waals surface area contributed by atoms with Crippen LogP contribution in [0.1, 0.15) is 45.7 Å². The molecule has 0 aliphatic carbocycles. The molecular weight excluding hydrogens is 312 g/mol. The number of fused-ring (bicyclic) bond motifs is 1. The normalized spacial score (nSPS) is 14.4.